The molecule has 0 saturated carbocycles. The van der Waals surface area contributed by atoms with Crippen LogP contribution >= 0.6 is 0 Å². The van der Waals surface area contributed by atoms with Crippen LogP contribution in [0.4, 0.5) is 11.4 Å². The highest BCUT2D eigenvalue weighted by Crippen LogP contribution is 2.23. The fourth-order valence-electron chi connectivity index (χ4n) is 1.61. The van der Waals surface area contributed by atoms with E-state index in [-0.39, 0.29) is 30.0 Å². The number of ether oxygens (including phenoxy) is 2. The largest absolute Gasteiger partial charge is 0.463 e. The normalized spacial score (nSPS) is 17.9. The van der Waals surface area contributed by atoms with Crippen LogP contribution in [0.1, 0.15) is 16.8 Å². The van der Waals surface area contributed by atoms with E-state index in [0.717, 1.165) is 6.07 Å². The van der Waals surface area contributed by atoms with Gasteiger partial charge in [0.2, 0.25) is 6.10 Å². The molecular formula is C11H10N2O6. The summed E-state index contributed by atoms with van der Waals surface area (Å²) >= 11 is 0. The molecule has 8 nitrogen and oxygen atoms in total. The maximum atomic E-state index is 11.7. The molecular weight excluding hydrogens is 256 g/mol. The average Bonchev–Trinajstić information content (AvgIpc) is 2.75. The SMILES string of the molecule is Nc1ccc(C(=O)O[C@@H]2CCOC2=O)cc1[N+](=O)[O-]. The number of benzene rings is 1. The molecule has 1 heterocycles. The van der Waals surface area contributed by atoms with Crippen LogP contribution in [0.5, 0.6) is 0 Å². The van der Waals surface area contributed by atoms with Gasteiger partial charge in [-0.1, -0.05) is 0 Å². The minimum absolute atomic E-state index is 0.0411. The van der Waals surface area contributed by atoms with Crippen molar-refractivity contribution in [3.63, 3.8) is 0 Å². The molecule has 0 unspecified atom stereocenters. The molecule has 1 aromatic carbocycles. The third kappa shape index (κ3) is 2.62. The van der Waals surface area contributed by atoms with E-state index in [1.54, 1.807) is 0 Å². The van der Waals surface area contributed by atoms with Crippen molar-refractivity contribution in [2.45, 2.75) is 12.5 Å². The van der Waals surface area contributed by atoms with Gasteiger partial charge >= 0.3 is 11.9 Å². The summed E-state index contributed by atoms with van der Waals surface area (Å²) < 4.78 is 9.55. The van der Waals surface area contributed by atoms with Crippen molar-refractivity contribution in [2.24, 2.45) is 0 Å². The van der Waals surface area contributed by atoms with Gasteiger partial charge in [-0.15, -0.1) is 0 Å². The van der Waals surface area contributed by atoms with E-state index < -0.39 is 23.0 Å². The van der Waals surface area contributed by atoms with Crippen LogP contribution in [0, 0.1) is 10.1 Å². The van der Waals surface area contributed by atoms with Gasteiger partial charge in [0.05, 0.1) is 17.1 Å². The molecule has 1 aromatic rings. The molecule has 0 bridgehead atoms. The Morgan fingerprint density at radius 1 is 1.53 bits per heavy atom. The van der Waals surface area contributed by atoms with Crippen LogP contribution in [-0.4, -0.2) is 29.6 Å². The minimum Gasteiger partial charge on any atom is -0.463 e. The minimum atomic E-state index is -0.955. The maximum Gasteiger partial charge on any atom is 0.347 e. The lowest BCUT2D eigenvalue weighted by Gasteiger charge is -2.08. The summed E-state index contributed by atoms with van der Waals surface area (Å²) in [6, 6.07) is 3.55. The average molecular weight is 266 g/mol. The maximum absolute atomic E-state index is 11.7. The number of hydrogen-bond donors (Lipinski definition) is 1. The number of nitro benzene ring substituents is 1. The van der Waals surface area contributed by atoms with Crippen molar-refractivity contribution in [2.75, 3.05) is 12.3 Å². The first kappa shape index (κ1) is 12.8. The molecule has 19 heavy (non-hydrogen) atoms. The van der Waals surface area contributed by atoms with Crippen molar-refractivity contribution in [1.29, 1.82) is 0 Å². The number of hydrogen-bond acceptors (Lipinski definition) is 7. The zero-order chi connectivity index (χ0) is 14.0. The van der Waals surface area contributed by atoms with Gasteiger partial charge in [0, 0.05) is 12.5 Å². The lowest BCUT2D eigenvalue weighted by atomic mass is 10.1. The molecule has 0 aliphatic carbocycles. The van der Waals surface area contributed by atoms with Gasteiger partial charge in [0.25, 0.3) is 5.69 Å². The van der Waals surface area contributed by atoms with Crippen molar-refractivity contribution in [1.82, 2.24) is 0 Å². The number of carbonyl (C=O) groups is 2. The van der Waals surface area contributed by atoms with Crippen LogP contribution in [0.15, 0.2) is 18.2 Å². The summed E-state index contributed by atoms with van der Waals surface area (Å²) in [5.41, 5.74) is 4.93. The predicted molar refractivity (Wildman–Crippen MR) is 62.3 cm³/mol. The number of nitrogen functional groups attached to an aromatic ring is 1. The molecule has 0 spiro atoms. The number of anilines is 1. The van der Waals surface area contributed by atoms with Crippen LogP contribution in [0.3, 0.4) is 0 Å². The van der Waals surface area contributed by atoms with Gasteiger partial charge in [-0.2, -0.15) is 0 Å². The van der Waals surface area contributed by atoms with E-state index in [0.29, 0.717) is 0 Å². The number of nitrogens with two attached hydrogens (primary N) is 1. The zero-order valence-electron chi connectivity index (χ0n) is 9.70. The van der Waals surface area contributed by atoms with Gasteiger partial charge in [-0.25, -0.2) is 9.59 Å². The first-order valence-electron chi connectivity index (χ1n) is 5.40. The topological polar surface area (TPSA) is 122 Å². The Balaban J connectivity index is 2.17. The highest BCUT2D eigenvalue weighted by atomic mass is 16.6. The lowest BCUT2D eigenvalue weighted by Crippen LogP contribution is -2.22. The molecule has 0 radical (unpaired) electrons. The van der Waals surface area contributed by atoms with Gasteiger partial charge in [-0.05, 0) is 12.1 Å². The van der Waals surface area contributed by atoms with Crippen molar-refractivity contribution in [3.8, 4) is 0 Å². The fourth-order valence-corrected chi connectivity index (χ4v) is 1.61. The Kier molecular flexibility index (Phi) is 3.32. The Morgan fingerprint density at radius 3 is 2.84 bits per heavy atom. The highest BCUT2D eigenvalue weighted by molar-refractivity contribution is 5.93. The van der Waals surface area contributed by atoms with Crippen molar-refractivity contribution < 1.29 is 24.0 Å². The third-order valence-electron chi connectivity index (χ3n) is 2.60. The van der Waals surface area contributed by atoms with Crippen molar-refractivity contribution in [3.05, 3.63) is 33.9 Å². The molecule has 1 saturated heterocycles. The molecule has 1 aliphatic rings. The van der Waals surface area contributed by atoms with Crippen LogP contribution in [-0.2, 0) is 14.3 Å². The molecule has 2 rings (SSSR count). The Labute approximate surface area is 107 Å². The monoisotopic (exact) mass is 266 g/mol. The number of cyclic esters (lactones) is 1. The zero-order valence-corrected chi connectivity index (χ0v) is 9.70. The van der Waals surface area contributed by atoms with Crippen molar-refractivity contribution >= 4 is 23.3 Å². The van der Waals surface area contributed by atoms with Gasteiger partial charge in [-0.3, -0.25) is 10.1 Å². The number of rotatable bonds is 3. The van der Waals surface area contributed by atoms with E-state index in [4.69, 9.17) is 10.5 Å². The van der Waals surface area contributed by atoms with E-state index in [2.05, 4.69) is 4.74 Å². The van der Waals surface area contributed by atoms with Gasteiger partial charge in [0.15, 0.2) is 0 Å². The summed E-state index contributed by atoms with van der Waals surface area (Å²) in [7, 11) is 0. The van der Waals surface area contributed by atoms with Gasteiger partial charge < -0.3 is 15.2 Å². The number of nitrogens with zero attached hydrogens (tertiary/aromatic N) is 1. The standard InChI is InChI=1S/C11H10N2O6/c12-7-2-1-6(5-8(7)13(16)17)10(14)19-9-3-4-18-11(9)15/h1-2,5,9H,3-4,12H2/t9-/m1/s1. The second-order valence-electron chi connectivity index (χ2n) is 3.88. The number of carbonyl (C=O) groups excluding carboxylic acids is 2. The molecule has 0 amide bonds. The smallest absolute Gasteiger partial charge is 0.347 e. The van der Waals surface area contributed by atoms with E-state index in [9.17, 15) is 19.7 Å². The van der Waals surface area contributed by atoms with E-state index >= 15 is 0 Å². The Bertz CT molecular complexity index is 556. The quantitative estimate of drug-likeness (QED) is 0.369. The number of esters is 2. The molecule has 1 aliphatic heterocycles. The first-order valence-corrected chi connectivity index (χ1v) is 5.40. The summed E-state index contributed by atoms with van der Waals surface area (Å²) in [6.07, 6.45) is -0.675. The molecule has 8 heteroatoms. The molecule has 1 fully saturated rings. The fraction of sp³-hybridized carbons (Fsp3) is 0.273. The molecule has 100 valence electrons. The molecule has 2 N–H and O–H groups in total. The lowest BCUT2D eigenvalue weighted by molar-refractivity contribution is -0.383. The number of nitro groups is 1. The summed E-state index contributed by atoms with van der Waals surface area (Å²) in [4.78, 5) is 32.9. The molecule has 0 aromatic heterocycles. The first-order chi connectivity index (χ1) is 8.99. The third-order valence-corrected chi connectivity index (χ3v) is 2.60. The van der Waals surface area contributed by atoms with Crippen LogP contribution < -0.4 is 5.73 Å². The van der Waals surface area contributed by atoms with Crippen LogP contribution in [0.2, 0.25) is 0 Å². The van der Waals surface area contributed by atoms with Gasteiger partial charge in [0.1, 0.15) is 5.69 Å². The Hall–Kier alpha value is -2.64. The highest BCUT2D eigenvalue weighted by Gasteiger charge is 2.31. The second-order valence-corrected chi connectivity index (χ2v) is 3.88. The summed E-state index contributed by atoms with van der Waals surface area (Å²) in [5.74, 6) is -1.44. The van der Waals surface area contributed by atoms with E-state index in [1.807, 2.05) is 0 Å². The molecule has 1 atom stereocenters. The Morgan fingerprint density at radius 2 is 2.26 bits per heavy atom. The van der Waals surface area contributed by atoms with Crippen LogP contribution in [0.25, 0.3) is 0 Å². The van der Waals surface area contributed by atoms with E-state index in [1.165, 1.54) is 12.1 Å². The second kappa shape index (κ2) is 4.92. The summed E-state index contributed by atoms with van der Waals surface area (Å²) in [5, 5.41) is 10.7. The summed E-state index contributed by atoms with van der Waals surface area (Å²) in [6.45, 7) is 0.193. The predicted octanol–water partition coefficient (Wildman–Crippen LogP) is 0.649.